The Morgan fingerprint density at radius 2 is 2.31 bits per heavy atom. The molecule has 0 radical (unpaired) electrons. The molecule has 1 aromatic rings. The van der Waals surface area contributed by atoms with Gasteiger partial charge in [0.2, 0.25) is 0 Å². The van der Waals surface area contributed by atoms with Gasteiger partial charge in [-0.2, -0.15) is 0 Å². The molecule has 2 rings (SSSR count). The second-order valence-electron chi connectivity index (χ2n) is 4.26. The highest BCUT2D eigenvalue weighted by molar-refractivity contribution is 7.12. The van der Waals surface area contributed by atoms with Crippen LogP contribution in [-0.4, -0.2) is 37.2 Å². The van der Waals surface area contributed by atoms with Gasteiger partial charge in [0, 0.05) is 13.0 Å². The molecule has 88 valence electrons. The van der Waals surface area contributed by atoms with Crippen molar-refractivity contribution in [3.8, 4) is 0 Å². The molecule has 0 aromatic carbocycles. The summed E-state index contributed by atoms with van der Waals surface area (Å²) in [5, 5.41) is 5.22. The van der Waals surface area contributed by atoms with Gasteiger partial charge in [-0.1, -0.05) is 0 Å². The van der Waals surface area contributed by atoms with Crippen LogP contribution in [0.5, 0.6) is 0 Å². The number of thiophene rings is 1. The van der Waals surface area contributed by atoms with Crippen molar-refractivity contribution in [1.29, 1.82) is 0 Å². The predicted molar refractivity (Wildman–Crippen MR) is 68.8 cm³/mol. The van der Waals surface area contributed by atoms with Crippen molar-refractivity contribution in [3.63, 3.8) is 0 Å². The maximum absolute atomic E-state index is 6.17. The molecule has 0 amide bonds. The van der Waals surface area contributed by atoms with E-state index in [1.54, 1.807) is 11.3 Å². The number of aliphatic imine (C=N–C) groups is 1. The van der Waals surface area contributed by atoms with Crippen LogP contribution in [0.1, 0.15) is 11.3 Å². The van der Waals surface area contributed by atoms with Crippen LogP contribution in [0.3, 0.4) is 0 Å². The van der Waals surface area contributed by atoms with Gasteiger partial charge in [0.15, 0.2) is 5.79 Å². The van der Waals surface area contributed by atoms with Gasteiger partial charge in [-0.25, -0.2) is 4.99 Å². The molecule has 16 heavy (non-hydrogen) atoms. The van der Waals surface area contributed by atoms with Gasteiger partial charge in [-0.15, -0.1) is 11.3 Å². The van der Waals surface area contributed by atoms with Crippen LogP contribution in [0.15, 0.2) is 16.4 Å². The van der Waals surface area contributed by atoms with Crippen LogP contribution in [-0.2, 0) is 0 Å². The van der Waals surface area contributed by atoms with Gasteiger partial charge in [0.25, 0.3) is 0 Å². The Balaban J connectivity index is 2.17. The average molecular weight is 239 g/mol. The fourth-order valence-electron chi connectivity index (χ4n) is 1.65. The maximum atomic E-state index is 6.17. The molecule has 6 heteroatoms. The lowest BCUT2D eigenvalue weighted by molar-refractivity contribution is 0.341. The largest absolute Gasteiger partial charge is 0.383 e. The van der Waals surface area contributed by atoms with Gasteiger partial charge in [-0.3, -0.25) is 5.73 Å². The van der Waals surface area contributed by atoms with Crippen molar-refractivity contribution in [2.75, 3.05) is 26.0 Å². The molecule has 2 heterocycles. The first-order valence-electron chi connectivity index (χ1n) is 5.15. The van der Waals surface area contributed by atoms with E-state index in [0.717, 1.165) is 23.5 Å². The number of anilines is 1. The number of nitrogens with zero attached hydrogens (tertiary/aromatic N) is 2. The molecule has 1 aliphatic rings. The van der Waals surface area contributed by atoms with Crippen molar-refractivity contribution in [3.05, 3.63) is 16.3 Å². The Labute approximate surface area is 99.1 Å². The molecule has 1 aromatic heterocycles. The molecule has 0 spiro atoms. The normalized spacial score (nSPS) is 23.9. The molecule has 0 saturated carbocycles. The zero-order chi connectivity index (χ0) is 11.8. The molecule has 1 unspecified atom stereocenters. The van der Waals surface area contributed by atoms with Crippen LogP contribution in [0.25, 0.3) is 0 Å². The number of fused-ring (bicyclic) bond motifs is 1. The third-order valence-electron chi connectivity index (χ3n) is 2.51. The van der Waals surface area contributed by atoms with Crippen LogP contribution in [0.4, 0.5) is 5.69 Å². The van der Waals surface area contributed by atoms with E-state index in [1.165, 1.54) is 0 Å². The summed E-state index contributed by atoms with van der Waals surface area (Å²) in [6.45, 7) is 0.861. The van der Waals surface area contributed by atoms with E-state index in [9.17, 15) is 0 Å². The highest BCUT2D eigenvalue weighted by Gasteiger charge is 2.30. The summed E-state index contributed by atoms with van der Waals surface area (Å²) in [5.74, 6) is -0.243. The molecule has 1 atom stereocenters. The highest BCUT2D eigenvalue weighted by atomic mass is 32.1. The quantitative estimate of drug-likeness (QED) is 0.715. The van der Waals surface area contributed by atoms with Gasteiger partial charge >= 0.3 is 0 Å². The monoisotopic (exact) mass is 239 g/mol. The summed E-state index contributed by atoms with van der Waals surface area (Å²) in [4.78, 5) is 7.40. The van der Waals surface area contributed by atoms with E-state index < -0.39 is 5.79 Å². The molecular weight excluding hydrogens is 222 g/mol. The fraction of sp³-hybridized carbons (Fsp3) is 0.500. The zero-order valence-corrected chi connectivity index (χ0v) is 10.3. The van der Waals surface area contributed by atoms with Crippen LogP contribution < -0.4 is 16.8 Å². The molecule has 5 nitrogen and oxygen atoms in total. The first-order chi connectivity index (χ1) is 7.50. The van der Waals surface area contributed by atoms with E-state index in [1.807, 2.05) is 25.5 Å². The first-order valence-corrected chi connectivity index (χ1v) is 6.03. The minimum absolute atomic E-state index is 0.532. The number of hydrogen-bond donors (Lipinski definition) is 3. The standard InChI is InChI=1S/C10H17N5S/c1-15(2)5-4-10(12)13-7-3-6-16-8(7)9(11)14-10/h3,6,13H,4-5,12H2,1-2H3,(H2,11,14). The zero-order valence-electron chi connectivity index (χ0n) is 9.53. The van der Waals surface area contributed by atoms with Crippen LogP contribution in [0, 0.1) is 0 Å². The number of amidine groups is 1. The van der Waals surface area contributed by atoms with Crippen molar-refractivity contribution in [2.45, 2.75) is 12.2 Å². The van der Waals surface area contributed by atoms with Crippen LogP contribution >= 0.6 is 11.3 Å². The van der Waals surface area contributed by atoms with Crippen molar-refractivity contribution in [2.24, 2.45) is 16.5 Å². The van der Waals surface area contributed by atoms with Gasteiger partial charge in [0.05, 0.1) is 10.6 Å². The summed E-state index contributed by atoms with van der Waals surface area (Å²) in [5.41, 5.74) is 13.1. The Kier molecular flexibility index (Phi) is 2.88. The molecule has 0 saturated heterocycles. The Hall–Kier alpha value is -1.11. The molecule has 5 N–H and O–H groups in total. The maximum Gasteiger partial charge on any atom is 0.185 e. The Morgan fingerprint density at radius 3 is 3.00 bits per heavy atom. The first kappa shape index (κ1) is 11.4. The molecule has 0 aliphatic carbocycles. The predicted octanol–water partition coefficient (Wildman–Crippen LogP) is 0.443. The SMILES string of the molecule is CN(C)CCC1(N)N=C(N)c2sccc2N1. The minimum Gasteiger partial charge on any atom is -0.383 e. The second-order valence-corrected chi connectivity index (χ2v) is 5.18. The lowest BCUT2D eigenvalue weighted by Gasteiger charge is -2.32. The minimum atomic E-state index is -0.775. The Morgan fingerprint density at radius 1 is 1.56 bits per heavy atom. The number of rotatable bonds is 3. The van der Waals surface area contributed by atoms with Crippen molar-refractivity contribution in [1.82, 2.24) is 4.90 Å². The van der Waals surface area contributed by atoms with Gasteiger partial charge < -0.3 is 16.0 Å². The number of hydrogen-bond acceptors (Lipinski definition) is 6. The lowest BCUT2D eigenvalue weighted by Crippen LogP contribution is -2.51. The van der Waals surface area contributed by atoms with E-state index in [0.29, 0.717) is 5.84 Å². The lowest BCUT2D eigenvalue weighted by atomic mass is 10.2. The smallest absolute Gasteiger partial charge is 0.185 e. The van der Waals surface area contributed by atoms with E-state index in [-0.39, 0.29) is 0 Å². The second kappa shape index (κ2) is 4.04. The van der Waals surface area contributed by atoms with Crippen molar-refractivity contribution < 1.29 is 0 Å². The van der Waals surface area contributed by atoms with E-state index in [4.69, 9.17) is 11.5 Å². The molecule has 1 aliphatic heterocycles. The molecular formula is C10H17N5S. The van der Waals surface area contributed by atoms with E-state index >= 15 is 0 Å². The molecule has 0 fully saturated rings. The number of nitrogens with one attached hydrogen (secondary N) is 1. The van der Waals surface area contributed by atoms with Crippen molar-refractivity contribution >= 4 is 22.9 Å². The summed E-state index contributed by atoms with van der Waals surface area (Å²) in [6.07, 6.45) is 0.718. The van der Waals surface area contributed by atoms with E-state index in [2.05, 4.69) is 15.2 Å². The average Bonchev–Trinajstić information content (AvgIpc) is 2.63. The highest BCUT2D eigenvalue weighted by Crippen LogP contribution is 2.29. The third kappa shape index (κ3) is 2.18. The third-order valence-corrected chi connectivity index (χ3v) is 3.45. The molecule has 0 bridgehead atoms. The fourth-order valence-corrected chi connectivity index (χ4v) is 2.40. The summed E-state index contributed by atoms with van der Waals surface area (Å²) in [6, 6.07) is 1.98. The summed E-state index contributed by atoms with van der Waals surface area (Å²) < 4.78 is 0. The Bertz CT molecular complexity index is 411. The summed E-state index contributed by atoms with van der Waals surface area (Å²) in [7, 11) is 4.02. The van der Waals surface area contributed by atoms with Gasteiger partial charge in [-0.05, 0) is 25.5 Å². The van der Waals surface area contributed by atoms with Crippen LogP contribution in [0.2, 0.25) is 0 Å². The summed E-state index contributed by atoms with van der Waals surface area (Å²) >= 11 is 1.57. The topological polar surface area (TPSA) is 79.7 Å². The van der Waals surface area contributed by atoms with Gasteiger partial charge in [0.1, 0.15) is 5.84 Å². The number of nitrogens with two attached hydrogens (primary N) is 2.